The Morgan fingerprint density at radius 3 is 2.89 bits per heavy atom. The zero-order chi connectivity index (χ0) is 14.3. The van der Waals surface area contributed by atoms with Gasteiger partial charge in [-0.2, -0.15) is 0 Å². The molecule has 106 valence electrons. The molecule has 0 spiro atoms. The van der Waals surface area contributed by atoms with Crippen molar-refractivity contribution in [1.82, 2.24) is 10.3 Å². The number of pyridine rings is 1. The fourth-order valence-electron chi connectivity index (χ4n) is 1.69. The standard InChI is InChI=1S/C13H21N3O2S/c1-4-6-15-12-8-14-7-5-11(12)13(17)16-10(2)9-19(3)18/h5,7-8,10,15H,4,6,9H2,1-3H3,(H,16,17). The van der Waals surface area contributed by atoms with Gasteiger partial charge in [0.15, 0.2) is 0 Å². The van der Waals surface area contributed by atoms with E-state index >= 15 is 0 Å². The zero-order valence-electron chi connectivity index (χ0n) is 11.6. The molecule has 0 aliphatic heterocycles. The summed E-state index contributed by atoms with van der Waals surface area (Å²) < 4.78 is 11.1. The number of hydrogen-bond donors (Lipinski definition) is 2. The lowest BCUT2D eigenvalue weighted by atomic mass is 10.2. The van der Waals surface area contributed by atoms with Crippen molar-refractivity contribution in [2.45, 2.75) is 26.3 Å². The molecule has 19 heavy (non-hydrogen) atoms. The Labute approximate surface area is 116 Å². The average molecular weight is 283 g/mol. The molecule has 1 rings (SSSR count). The maximum absolute atomic E-state index is 12.1. The summed E-state index contributed by atoms with van der Waals surface area (Å²) in [5, 5.41) is 6.02. The Morgan fingerprint density at radius 2 is 2.26 bits per heavy atom. The molecule has 0 fully saturated rings. The van der Waals surface area contributed by atoms with Crippen LogP contribution in [0.4, 0.5) is 5.69 Å². The van der Waals surface area contributed by atoms with E-state index in [1.54, 1.807) is 24.7 Å². The molecule has 0 aliphatic rings. The van der Waals surface area contributed by atoms with Gasteiger partial charge in [0, 0.05) is 41.6 Å². The summed E-state index contributed by atoms with van der Waals surface area (Å²) in [6, 6.07) is 1.56. The van der Waals surface area contributed by atoms with Crippen molar-refractivity contribution >= 4 is 22.4 Å². The molecule has 1 heterocycles. The van der Waals surface area contributed by atoms with E-state index in [1.807, 2.05) is 6.92 Å². The quantitative estimate of drug-likeness (QED) is 0.793. The maximum atomic E-state index is 12.1. The first kappa shape index (κ1) is 15.6. The first-order valence-electron chi connectivity index (χ1n) is 6.33. The maximum Gasteiger partial charge on any atom is 0.253 e. The number of nitrogens with zero attached hydrogens (tertiary/aromatic N) is 1. The molecule has 0 bridgehead atoms. The van der Waals surface area contributed by atoms with E-state index in [-0.39, 0.29) is 11.9 Å². The molecule has 6 heteroatoms. The van der Waals surface area contributed by atoms with E-state index in [4.69, 9.17) is 0 Å². The largest absolute Gasteiger partial charge is 0.383 e. The molecule has 0 radical (unpaired) electrons. The first-order chi connectivity index (χ1) is 9.04. The van der Waals surface area contributed by atoms with Crippen molar-refractivity contribution in [3.05, 3.63) is 24.0 Å². The summed E-state index contributed by atoms with van der Waals surface area (Å²) in [6.45, 7) is 4.70. The lowest BCUT2D eigenvalue weighted by molar-refractivity contribution is 0.0944. The third-order valence-corrected chi connectivity index (χ3v) is 3.46. The molecule has 2 atom stereocenters. The molecule has 1 amide bonds. The van der Waals surface area contributed by atoms with Crippen LogP contribution >= 0.6 is 0 Å². The lowest BCUT2D eigenvalue weighted by Crippen LogP contribution is -2.36. The lowest BCUT2D eigenvalue weighted by Gasteiger charge is -2.15. The summed E-state index contributed by atoms with van der Waals surface area (Å²) in [4.78, 5) is 16.2. The van der Waals surface area contributed by atoms with Gasteiger partial charge >= 0.3 is 0 Å². The van der Waals surface area contributed by atoms with Crippen molar-refractivity contribution in [1.29, 1.82) is 0 Å². The van der Waals surface area contributed by atoms with Crippen LogP contribution in [0.5, 0.6) is 0 Å². The van der Waals surface area contributed by atoms with Gasteiger partial charge in [-0.05, 0) is 19.4 Å². The Bertz CT molecular complexity index is 451. The molecule has 0 saturated carbocycles. The highest BCUT2D eigenvalue weighted by Crippen LogP contribution is 2.13. The van der Waals surface area contributed by atoms with Gasteiger partial charge in [0.2, 0.25) is 0 Å². The molecule has 1 aromatic rings. The molecule has 0 aliphatic carbocycles. The minimum absolute atomic E-state index is 0.120. The van der Waals surface area contributed by atoms with Crippen molar-refractivity contribution in [2.75, 3.05) is 23.9 Å². The second-order valence-corrected chi connectivity index (χ2v) is 5.94. The summed E-state index contributed by atoms with van der Waals surface area (Å²) >= 11 is 0. The summed E-state index contributed by atoms with van der Waals surface area (Å²) in [5.74, 6) is 0.285. The Hall–Kier alpha value is -1.43. The number of amides is 1. The summed E-state index contributed by atoms with van der Waals surface area (Å²) in [6.07, 6.45) is 5.84. The van der Waals surface area contributed by atoms with Crippen LogP contribution in [0.2, 0.25) is 0 Å². The van der Waals surface area contributed by atoms with E-state index in [0.717, 1.165) is 18.7 Å². The number of hydrogen-bond acceptors (Lipinski definition) is 4. The highest BCUT2D eigenvalue weighted by molar-refractivity contribution is 7.84. The number of aromatic nitrogens is 1. The van der Waals surface area contributed by atoms with E-state index < -0.39 is 10.8 Å². The van der Waals surface area contributed by atoms with E-state index in [2.05, 4.69) is 22.5 Å². The number of carbonyl (C=O) groups is 1. The van der Waals surface area contributed by atoms with Gasteiger partial charge in [0.1, 0.15) is 0 Å². The van der Waals surface area contributed by atoms with Gasteiger partial charge in [-0.1, -0.05) is 6.92 Å². The van der Waals surface area contributed by atoms with Crippen LogP contribution in [0.1, 0.15) is 30.6 Å². The Balaban J connectivity index is 2.73. The molecular formula is C13H21N3O2S. The highest BCUT2D eigenvalue weighted by atomic mass is 32.2. The van der Waals surface area contributed by atoms with Gasteiger partial charge in [0.05, 0.1) is 17.4 Å². The van der Waals surface area contributed by atoms with Crippen molar-refractivity contribution < 1.29 is 9.00 Å². The number of nitrogens with one attached hydrogen (secondary N) is 2. The predicted molar refractivity (Wildman–Crippen MR) is 78.9 cm³/mol. The van der Waals surface area contributed by atoms with Gasteiger partial charge in [0.25, 0.3) is 5.91 Å². The van der Waals surface area contributed by atoms with E-state index in [0.29, 0.717) is 11.3 Å². The Kier molecular flexibility index (Phi) is 6.49. The molecule has 2 N–H and O–H groups in total. The highest BCUT2D eigenvalue weighted by Gasteiger charge is 2.14. The smallest absolute Gasteiger partial charge is 0.253 e. The van der Waals surface area contributed by atoms with E-state index in [9.17, 15) is 9.00 Å². The number of rotatable bonds is 7. The summed E-state index contributed by atoms with van der Waals surface area (Å²) in [5.41, 5.74) is 1.30. The zero-order valence-corrected chi connectivity index (χ0v) is 12.4. The predicted octanol–water partition coefficient (Wildman–Crippen LogP) is 1.40. The molecule has 0 aromatic carbocycles. The number of carbonyl (C=O) groups excluding carboxylic acids is 1. The monoisotopic (exact) mass is 283 g/mol. The van der Waals surface area contributed by atoms with Gasteiger partial charge < -0.3 is 10.6 Å². The second kappa shape index (κ2) is 7.89. The van der Waals surface area contributed by atoms with Gasteiger partial charge in [-0.25, -0.2) is 0 Å². The molecule has 2 unspecified atom stereocenters. The third-order valence-electron chi connectivity index (χ3n) is 2.49. The normalized spacial score (nSPS) is 13.6. The van der Waals surface area contributed by atoms with Crippen LogP contribution in [-0.4, -0.2) is 39.7 Å². The number of anilines is 1. The second-order valence-electron chi connectivity index (χ2n) is 4.46. The van der Waals surface area contributed by atoms with Crippen molar-refractivity contribution in [2.24, 2.45) is 0 Å². The fourth-order valence-corrected chi connectivity index (χ4v) is 2.48. The average Bonchev–Trinajstić information content (AvgIpc) is 2.35. The fraction of sp³-hybridized carbons (Fsp3) is 0.538. The minimum Gasteiger partial charge on any atom is -0.383 e. The van der Waals surface area contributed by atoms with E-state index in [1.165, 1.54) is 0 Å². The molecule has 1 aromatic heterocycles. The van der Waals surface area contributed by atoms with Gasteiger partial charge in [-0.3, -0.25) is 14.0 Å². The third kappa shape index (κ3) is 5.38. The minimum atomic E-state index is -0.921. The van der Waals surface area contributed by atoms with Crippen LogP contribution < -0.4 is 10.6 Å². The Morgan fingerprint density at radius 1 is 1.53 bits per heavy atom. The van der Waals surface area contributed by atoms with Crippen LogP contribution in [0.15, 0.2) is 18.5 Å². The van der Waals surface area contributed by atoms with Crippen LogP contribution in [-0.2, 0) is 10.8 Å². The topological polar surface area (TPSA) is 71.1 Å². The van der Waals surface area contributed by atoms with Crippen LogP contribution in [0, 0.1) is 0 Å². The molecule has 5 nitrogen and oxygen atoms in total. The summed E-state index contributed by atoms with van der Waals surface area (Å²) in [7, 11) is -0.921. The molecule has 0 saturated heterocycles. The van der Waals surface area contributed by atoms with Crippen molar-refractivity contribution in [3.63, 3.8) is 0 Å². The van der Waals surface area contributed by atoms with Gasteiger partial charge in [-0.15, -0.1) is 0 Å². The van der Waals surface area contributed by atoms with Crippen molar-refractivity contribution in [3.8, 4) is 0 Å². The van der Waals surface area contributed by atoms with Crippen LogP contribution in [0.3, 0.4) is 0 Å². The first-order valence-corrected chi connectivity index (χ1v) is 8.06. The SMILES string of the molecule is CCCNc1cnccc1C(=O)NC(C)CS(C)=O. The molecular weight excluding hydrogens is 262 g/mol. The van der Waals surface area contributed by atoms with Crippen LogP contribution in [0.25, 0.3) is 0 Å².